The Balaban J connectivity index is 2.57. The molecular formula is C8H6O2. The molecule has 2 aliphatic rings. The molecule has 0 amide bonds. The minimum atomic E-state index is 0.0943. The van der Waals surface area contributed by atoms with Crippen molar-refractivity contribution in [1.29, 1.82) is 0 Å². The van der Waals surface area contributed by atoms with Crippen LogP contribution in [-0.4, -0.2) is 12.9 Å². The predicted octanol–water partition coefficient (Wildman–Crippen LogP) is 0.966. The van der Waals surface area contributed by atoms with Crippen LogP contribution in [0.4, 0.5) is 0 Å². The monoisotopic (exact) mass is 134 g/mol. The lowest BCUT2D eigenvalue weighted by atomic mass is 10.2. The molecule has 0 aromatic rings. The number of ether oxygens (including phenoxy) is 1. The van der Waals surface area contributed by atoms with Gasteiger partial charge in [-0.25, -0.2) is 0 Å². The zero-order valence-electron chi connectivity index (χ0n) is 5.55. The van der Waals surface area contributed by atoms with E-state index >= 15 is 0 Å². The minimum Gasteiger partial charge on any atom is -0.496 e. The Labute approximate surface area is 58.5 Å². The van der Waals surface area contributed by atoms with Crippen LogP contribution in [-0.2, 0) is 9.53 Å². The summed E-state index contributed by atoms with van der Waals surface area (Å²) >= 11 is 0. The van der Waals surface area contributed by atoms with Crippen LogP contribution in [0.15, 0.2) is 35.1 Å². The number of Topliss-reactive ketones (excluding diaryl/α,β-unsaturated/α-hetero) is 1. The Hall–Kier alpha value is -1.31. The van der Waals surface area contributed by atoms with Crippen LogP contribution < -0.4 is 0 Å². The topological polar surface area (TPSA) is 26.3 Å². The van der Waals surface area contributed by atoms with E-state index in [-0.39, 0.29) is 5.78 Å². The van der Waals surface area contributed by atoms with Crippen molar-refractivity contribution in [3.8, 4) is 0 Å². The third-order valence-corrected chi connectivity index (χ3v) is 1.71. The van der Waals surface area contributed by atoms with Crippen LogP contribution in [0.3, 0.4) is 0 Å². The van der Waals surface area contributed by atoms with E-state index < -0.39 is 0 Å². The van der Waals surface area contributed by atoms with E-state index in [1.54, 1.807) is 25.3 Å². The summed E-state index contributed by atoms with van der Waals surface area (Å²) in [4.78, 5) is 11.1. The molecule has 0 aromatic heterocycles. The van der Waals surface area contributed by atoms with Gasteiger partial charge in [0.15, 0.2) is 5.78 Å². The first-order valence-corrected chi connectivity index (χ1v) is 3.05. The van der Waals surface area contributed by atoms with Crippen molar-refractivity contribution in [2.75, 3.05) is 7.11 Å². The van der Waals surface area contributed by atoms with Gasteiger partial charge in [-0.3, -0.25) is 4.79 Å². The maximum absolute atomic E-state index is 11.1. The molecule has 0 spiro atoms. The third-order valence-electron chi connectivity index (χ3n) is 1.71. The van der Waals surface area contributed by atoms with Gasteiger partial charge in [-0.1, -0.05) is 6.08 Å². The summed E-state index contributed by atoms with van der Waals surface area (Å²) in [5.41, 5.74) is 1.43. The summed E-state index contributed by atoms with van der Waals surface area (Å²) in [6, 6.07) is 0. The fourth-order valence-electron chi connectivity index (χ4n) is 1.18. The smallest absolute Gasteiger partial charge is 0.196 e. The normalized spacial score (nSPS) is 20.5. The van der Waals surface area contributed by atoms with Gasteiger partial charge in [-0.2, -0.15) is 0 Å². The number of carbonyl (C=O) groups excluding carboxylic acids is 1. The molecule has 0 aromatic carbocycles. The van der Waals surface area contributed by atoms with Gasteiger partial charge >= 0.3 is 0 Å². The number of rotatable bonds is 1. The standard InChI is InChI=1S/C8H6O2/c1-10-7-4-5-2-3-6(7)8(5)9/h2-4H,1H3. The van der Waals surface area contributed by atoms with E-state index in [0.717, 1.165) is 5.57 Å². The molecule has 2 nitrogen and oxygen atoms in total. The summed E-state index contributed by atoms with van der Waals surface area (Å²) in [5.74, 6) is 0.791. The van der Waals surface area contributed by atoms with Gasteiger partial charge in [0.25, 0.3) is 0 Å². The van der Waals surface area contributed by atoms with Gasteiger partial charge in [0.2, 0.25) is 0 Å². The lowest BCUT2D eigenvalue weighted by Gasteiger charge is -1.97. The maximum atomic E-state index is 11.1. The van der Waals surface area contributed by atoms with Gasteiger partial charge in [0, 0.05) is 5.57 Å². The van der Waals surface area contributed by atoms with Crippen molar-refractivity contribution in [2.24, 2.45) is 0 Å². The second-order valence-corrected chi connectivity index (χ2v) is 2.24. The van der Waals surface area contributed by atoms with Gasteiger partial charge in [0.05, 0.1) is 12.7 Å². The van der Waals surface area contributed by atoms with Crippen LogP contribution in [0, 0.1) is 0 Å². The van der Waals surface area contributed by atoms with Crippen molar-refractivity contribution in [1.82, 2.24) is 0 Å². The average Bonchev–Trinajstić information content (AvgIpc) is 2.46. The highest BCUT2D eigenvalue weighted by molar-refractivity contribution is 6.18. The summed E-state index contributed by atoms with van der Waals surface area (Å²) in [6.07, 6.45) is 5.36. The zero-order valence-corrected chi connectivity index (χ0v) is 5.55. The van der Waals surface area contributed by atoms with E-state index in [0.29, 0.717) is 11.3 Å². The number of hydrogen-bond acceptors (Lipinski definition) is 2. The fourth-order valence-corrected chi connectivity index (χ4v) is 1.18. The largest absolute Gasteiger partial charge is 0.496 e. The second-order valence-electron chi connectivity index (χ2n) is 2.24. The Bertz CT molecular complexity index is 292. The van der Waals surface area contributed by atoms with Crippen LogP contribution >= 0.6 is 0 Å². The van der Waals surface area contributed by atoms with Crippen LogP contribution in [0.1, 0.15) is 0 Å². The van der Waals surface area contributed by atoms with Gasteiger partial charge in [0.1, 0.15) is 5.76 Å². The molecule has 0 N–H and O–H groups in total. The second kappa shape index (κ2) is 1.59. The highest BCUT2D eigenvalue weighted by atomic mass is 16.5. The lowest BCUT2D eigenvalue weighted by Crippen LogP contribution is -1.91. The first-order valence-electron chi connectivity index (χ1n) is 3.05. The molecule has 0 radical (unpaired) electrons. The van der Waals surface area contributed by atoms with Crippen molar-refractivity contribution < 1.29 is 9.53 Å². The SMILES string of the molecule is COC1=C2C=CC(=C1)C2=O. The highest BCUT2D eigenvalue weighted by Crippen LogP contribution is 2.29. The summed E-state index contributed by atoms with van der Waals surface area (Å²) < 4.78 is 4.95. The molecule has 2 heteroatoms. The molecule has 0 saturated carbocycles. The molecule has 0 aliphatic heterocycles. The molecule has 10 heavy (non-hydrogen) atoms. The number of carbonyl (C=O) groups is 1. The molecule has 2 aliphatic carbocycles. The molecule has 0 fully saturated rings. The number of fused-ring (bicyclic) bond motifs is 2. The molecular weight excluding hydrogens is 128 g/mol. The van der Waals surface area contributed by atoms with Crippen molar-refractivity contribution >= 4 is 5.78 Å². The van der Waals surface area contributed by atoms with E-state index in [9.17, 15) is 4.79 Å². The van der Waals surface area contributed by atoms with Gasteiger partial charge < -0.3 is 4.74 Å². The number of allylic oxidation sites excluding steroid dienone is 5. The van der Waals surface area contributed by atoms with E-state index in [4.69, 9.17) is 4.74 Å². The Morgan fingerprint density at radius 1 is 1.40 bits per heavy atom. The first-order chi connectivity index (χ1) is 4.83. The molecule has 2 bridgehead atoms. The third kappa shape index (κ3) is 0.460. The number of ketones is 1. The molecule has 0 unspecified atom stereocenters. The van der Waals surface area contributed by atoms with Crippen molar-refractivity contribution in [2.45, 2.75) is 0 Å². The van der Waals surface area contributed by atoms with E-state index in [2.05, 4.69) is 0 Å². The molecule has 0 atom stereocenters. The summed E-state index contributed by atoms with van der Waals surface area (Å²) in [7, 11) is 1.57. The highest BCUT2D eigenvalue weighted by Gasteiger charge is 2.27. The Morgan fingerprint density at radius 3 is 2.50 bits per heavy atom. The molecule has 0 heterocycles. The quantitative estimate of drug-likeness (QED) is 0.534. The Morgan fingerprint density at radius 2 is 2.20 bits per heavy atom. The van der Waals surface area contributed by atoms with Crippen LogP contribution in [0.25, 0.3) is 0 Å². The average molecular weight is 134 g/mol. The number of methoxy groups -OCH3 is 1. The zero-order chi connectivity index (χ0) is 7.14. The lowest BCUT2D eigenvalue weighted by molar-refractivity contribution is -0.111. The van der Waals surface area contributed by atoms with Crippen molar-refractivity contribution in [3.05, 3.63) is 35.1 Å². The van der Waals surface area contributed by atoms with E-state index in [1.165, 1.54) is 0 Å². The fraction of sp³-hybridized carbons (Fsp3) is 0.125. The summed E-state index contributed by atoms with van der Waals surface area (Å²) in [6.45, 7) is 0. The molecule has 50 valence electrons. The van der Waals surface area contributed by atoms with Gasteiger partial charge in [-0.05, 0) is 12.2 Å². The first kappa shape index (κ1) is 5.47. The molecule has 2 rings (SSSR count). The van der Waals surface area contributed by atoms with E-state index in [1.807, 2.05) is 0 Å². The molecule has 0 saturated heterocycles. The summed E-state index contributed by atoms with van der Waals surface area (Å²) in [5, 5.41) is 0. The van der Waals surface area contributed by atoms with Gasteiger partial charge in [-0.15, -0.1) is 0 Å². The van der Waals surface area contributed by atoms with Crippen molar-refractivity contribution in [3.63, 3.8) is 0 Å². The Kier molecular flexibility index (Phi) is 0.873. The van der Waals surface area contributed by atoms with Crippen LogP contribution in [0.2, 0.25) is 0 Å². The predicted molar refractivity (Wildman–Crippen MR) is 36.3 cm³/mol. The maximum Gasteiger partial charge on any atom is 0.196 e. The minimum absolute atomic E-state index is 0.0943. The number of hydrogen-bond donors (Lipinski definition) is 0. The van der Waals surface area contributed by atoms with Crippen LogP contribution in [0.5, 0.6) is 0 Å².